The zero-order valence-corrected chi connectivity index (χ0v) is 14.2. The van der Waals surface area contributed by atoms with E-state index in [1.165, 1.54) is 17.6 Å². The monoisotopic (exact) mass is 353 g/mol. The Morgan fingerprint density at radius 3 is 2.23 bits per heavy atom. The zero-order chi connectivity index (χ0) is 18.9. The maximum absolute atomic E-state index is 12.3. The third-order valence-electron chi connectivity index (χ3n) is 3.75. The second-order valence-corrected chi connectivity index (χ2v) is 5.44. The number of aromatic nitrogens is 1. The van der Waals surface area contributed by atoms with Gasteiger partial charge in [0.2, 0.25) is 6.41 Å². The third kappa shape index (κ3) is 5.02. The van der Waals surface area contributed by atoms with Crippen LogP contribution >= 0.6 is 0 Å². The van der Waals surface area contributed by atoms with Gasteiger partial charge in [-0.3, -0.25) is 19.6 Å². The van der Waals surface area contributed by atoms with E-state index in [2.05, 4.69) is 5.32 Å². The van der Waals surface area contributed by atoms with Gasteiger partial charge in [-0.05, 0) is 35.9 Å². The number of hydrogen-bond acceptors (Lipinski definition) is 4. The fraction of sp³-hybridized carbons (Fsp3) is 0.105. The Labute approximate surface area is 150 Å². The highest BCUT2D eigenvalue weighted by atomic mass is 16.5. The minimum atomic E-state index is -0.620. The molecule has 1 heterocycles. The summed E-state index contributed by atoms with van der Waals surface area (Å²) in [6.07, 6.45) is 6.54. The largest absolute Gasteiger partial charge is 0.355 e. The van der Waals surface area contributed by atoms with Crippen LogP contribution in [-0.2, 0) is 23.2 Å². The Bertz CT molecular complexity index is 848. The van der Waals surface area contributed by atoms with Gasteiger partial charge < -0.3 is 9.88 Å². The number of nitrogens with one attached hydrogen (secondary N) is 2. The number of allylic oxidation sites excluding steroid dienone is 1. The minimum Gasteiger partial charge on any atom is -0.355 e. The van der Waals surface area contributed by atoms with E-state index in [0.29, 0.717) is 18.5 Å². The molecule has 2 amide bonds. The Balaban J connectivity index is 2.06. The SMILES string of the molecule is Cn1c(/C=C/C(=O)NO)ccc1/C=C/C(=O)c1ccc(CNC=O)cc1. The molecule has 7 heteroatoms. The number of benzene rings is 1. The summed E-state index contributed by atoms with van der Waals surface area (Å²) in [7, 11) is 1.80. The van der Waals surface area contributed by atoms with Crippen molar-refractivity contribution < 1.29 is 19.6 Å². The van der Waals surface area contributed by atoms with Crippen LogP contribution in [-0.4, -0.2) is 27.9 Å². The zero-order valence-electron chi connectivity index (χ0n) is 14.2. The maximum atomic E-state index is 12.3. The number of amides is 2. The van der Waals surface area contributed by atoms with Crippen molar-refractivity contribution in [1.29, 1.82) is 0 Å². The molecule has 7 nitrogen and oxygen atoms in total. The first-order valence-corrected chi connectivity index (χ1v) is 7.81. The van der Waals surface area contributed by atoms with Crippen molar-refractivity contribution in [2.45, 2.75) is 6.54 Å². The van der Waals surface area contributed by atoms with Crippen molar-refractivity contribution in [2.75, 3.05) is 0 Å². The lowest BCUT2D eigenvalue weighted by atomic mass is 10.1. The smallest absolute Gasteiger partial charge is 0.267 e. The molecule has 0 bridgehead atoms. The quantitative estimate of drug-likeness (QED) is 0.221. The predicted molar refractivity (Wildman–Crippen MR) is 97.1 cm³/mol. The van der Waals surface area contributed by atoms with Gasteiger partial charge in [-0.25, -0.2) is 5.48 Å². The Kier molecular flexibility index (Phi) is 6.64. The third-order valence-corrected chi connectivity index (χ3v) is 3.75. The highest BCUT2D eigenvalue weighted by Gasteiger charge is 2.04. The Hall–Kier alpha value is -3.45. The van der Waals surface area contributed by atoms with Crippen molar-refractivity contribution in [3.63, 3.8) is 0 Å². The second kappa shape index (κ2) is 9.14. The molecule has 1 aromatic heterocycles. The van der Waals surface area contributed by atoms with Gasteiger partial charge in [-0.15, -0.1) is 0 Å². The molecule has 26 heavy (non-hydrogen) atoms. The first-order valence-electron chi connectivity index (χ1n) is 7.81. The van der Waals surface area contributed by atoms with E-state index in [-0.39, 0.29) is 5.78 Å². The van der Waals surface area contributed by atoms with Crippen molar-refractivity contribution in [2.24, 2.45) is 7.05 Å². The summed E-state index contributed by atoms with van der Waals surface area (Å²) in [5.74, 6) is -0.761. The molecular weight excluding hydrogens is 334 g/mol. The van der Waals surface area contributed by atoms with Crippen LogP contribution in [0.4, 0.5) is 0 Å². The van der Waals surface area contributed by atoms with E-state index in [4.69, 9.17) is 5.21 Å². The number of carbonyl (C=O) groups is 3. The van der Waals surface area contributed by atoms with Gasteiger partial charge in [0.25, 0.3) is 5.91 Å². The summed E-state index contributed by atoms with van der Waals surface area (Å²) in [5.41, 5.74) is 4.50. The minimum absolute atomic E-state index is 0.141. The molecule has 0 aliphatic heterocycles. The fourth-order valence-electron chi connectivity index (χ4n) is 2.28. The van der Waals surface area contributed by atoms with Crippen LogP contribution in [0.5, 0.6) is 0 Å². The molecule has 0 saturated heterocycles. The number of ketones is 1. The number of rotatable bonds is 8. The van der Waals surface area contributed by atoms with Gasteiger partial charge in [-0.1, -0.05) is 24.3 Å². The number of carbonyl (C=O) groups excluding carboxylic acids is 3. The molecule has 0 saturated carbocycles. The lowest BCUT2D eigenvalue weighted by Gasteiger charge is -2.02. The predicted octanol–water partition coefficient (Wildman–Crippen LogP) is 1.69. The van der Waals surface area contributed by atoms with Crippen molar-refractivity contribution in [3.8, 4) is 0 Å². The lowest BCUT2D eigenvalue weighted by Crippen LogP contribution is -2.14. The van der Waals surface area contributed by atoms with Gasteiger partial charge >= 0.3 is 0 Å². The summed E-state index contributed by atoms with van der Waals surface area (Å²) in [5, 5.41) is 11.0. The van der Waals surface area contributed by atoms with E-state index in [9.17, 15) is 14.4 Å². The van der Waals surface area contributed by atoms with Gasteiger partial charge in [-0.2, -0.15) is 0 Å². The normalized spacial score (nSPS) is 11.0. The number of hydrogen-bond donors (Lipinski definition) is 3. The molecular formula is C19H19N3O4. The fourth-order valence-corrected chi connectivity index (χ4v) is 2.28. The summed E-state index contributed by atoms with van der Waals surface area (Å²) in [6, 6.07) is 10.6. The Morgan fingerprint density at radius 2 is 1.65 bits per heavy atom. The van der Waals surface area contributed by atoms with Crippen LogP contribution in [0.25, 0.3) is 12.2 Å². The molecule has 3 N–H and O–H groups in total. The first kappa shape index (κ1) is 18.9. The summed E-state index contributed by atoms with van der Waals surface area (Å²) < 4.78 is 1.80. The molecule has 134 valence electrons. The highest BCUT2D eigenvalue weighted by Crippen LogP contribution is 2.12. The molecule has 1 aromatic carbocycles. The van der Waals surface area contributed by atoms with Crippen LogP contribution < -0.4 is 10.8 Å². The average molecular weight is 353 g/mol. The molecule has 2 rings (SSSR count). The van der Waals surface area contributed by atoms with Gasteiger partial charge in [0.1, 0.15) is 0 Å². The van der Waals surface area contributed by atoms with E-state index in [0.717, 1.165) is 17.0 Å². The van der Waals surface area contributed by atoms with E-state index >= 15 is 0 Å². The van der Waals surface area contributed by atoms with Crippen LogP contribution in [0, 0.1) is 0 Å². The summed E-state index contributed by atoms with van der Waals surface area (Å²) in [6.45, 7) is 0.418. The van der Waals surface area contributed by atoms with Crippen molar-refractivity contribution >= 4 is 30.3 Å². The van der Waals surface area contributed by atoms with E-state index < -0.39 is 5.91 Å². The van der Waals surface area contributed by atoms with Gasteiger partial charge in [0, 0.05) is 36.6 Å². The number of hydroxylamine groups is 1. The molecule has 0 radical (unpaired) electrons. The molecule has 0 aliphatic rings. The van der Waals surface area contributed by atoms with Crippen LogP contribution in [0.2, 0.25) is 0 Å². The van der Waals surface area contributed by atoms with E-state index in [1.54, 1.807) is 54.1 Å². The maximum Gasteiger partial charge on any atom is 0.267 e. The average Bonchev–Trinajstić information content (AvgIpc) is 3.02. The highest BCUT2D eigenvalue weighted by molar-refractivity contribution is 6.06. The van der Waals surface area contributed by atoms with Crippen molar-refractivity contribution in [3.05, 3.63) is 71.1 Å². The van der Waals surface area contributed by atoms with E-state index in [1.807, 2.05) is 6.07 Å². The molecule has 0 atom stereocenters. The van der Waals surface area contributed by atoms with Crippen molar-refractivity contribution in [1.82, 2.24) is 15.4 Å². The molecule has 0 unspecified atom stereocenters. The van der Waals surface area contributed by atoms with Gasteiger partial charge in [0.05, 0.1) is 0 Å². The topological polar surface area (TPSA) is 100 Å². The Morgan fingerprint density at radius 1 is 1.04 bits per heavy atom. The van der Waals surface area contributed by atoms with Gasteiger partial charge in [0.15, 0.2) is 5.78 Å². The first-order chi connectivity index (χ1) is 12.5. The number of nitrogens with zero attached hydrogens (tertiary/aromatic N) is 1. The standard InChI is InChI=1S/C19H19N3O4/c1-22-16(6-7-17(22)9-11-19(25)21-26)8-10-18(24)15-4-2-14(3-5-15)12-20-13-23/h2-11,13,26H,12H2,1H3,(H,20,23)(H,21,25)/b10-8+,11-9+. The molecule has 2 aromatic rings. The lowest BCUT2D eigenvalue weighted by molar-refractivity contribution is -0.124. The second-order valence-electron chi connectivity index (χ2n) is 5.44. The summed E-state index contributed by atoms with van der Waals surface area (Å²) >= 11 is 0. The van der Waals surface area contributed by atoms with Crippen LogP contribution in [0.1, 0.15) is 27.3 Å². The molecule has 0 aliphatic carbocycles. The molecule has 0 spiro atoms. The molecule has 0 fully saturated rings. The summed E-state index contributed by atoms with van der Waals surface area (Å²) in [4.78, 5) is 33.6. The van der Waals surface area contributed by atoms with Crippen LogP contribution in [0.15, 0.2) is 48.6 Å². The van der Waals surface area contributed by atoms with Crippen LogP contribution in [0.3, 0.4) is 0 Å².